The summed E-state index contributed by atoms with van der Waals surface area (Å²) in [6.45, 7) is 4.64. The van der Waals surface area contributed by atoms with Crippen LogP contribution in [0.5, 0.6) is 0 Å². The Balaban J connectivity index is -0.000000256. The van der Waals surface area contributed by atoms with Gasteiger partial charge in [0.2, 0.25) is 0 Å². The fourth-order valence-corrected chi connectivity index (χ4v) is 1.76. The van der Waals surface area contributed by atoms with Crippen molar-refractivity contribution in [1.29, 1.82) is 0 Å². The first-order valence-electron chi connectivity index (χ1n) is 7.99. The SMILES string of the molecule is CCCCCCCC[O-].CCCCCCCC[O-].[Sr+2]. The van der Waals surface area contributed by atoms with Crippen molar-refractivity contribution in [3.05, 3.63) is 0 Å². The van der Waals surface area contributed by atoms with Crippen molar-refractivity contribution in [1.82, 2.24) is 0 Å². The molecule has 2 nitrogen and oxygen atoms in total. The van der Waals surface area contributed by atoms with Crippen molar-refractivity contribution < 1.29 is 10.2 Å². The maximum atomic E-state index is 9.96. The van der Waals surface area contributed by atoms with Gasteiger partial charge in [0.05, 0.1) is 0 Å². The molecule has 0 aromatic rings. The largest absolute Gasteiger partial charge is 2.00 e. The van der Waals surface area contributed by atoms with E-state index in [1.807, 2.05) is 0 Å². The zero-order valence-electron chi connectivity index (χ0n) is 13.4. The summed E-state index contributed by atoms with van der Waals surface area (Å²) in [6, 6.07) is 0. The van der Waals surface area contributed by atoms with Crippen LogP contribution in [0.25, 0.3) is 0 Å². The Morgan fingerprint density at radius 1 is 0.474 bits per heavy atom. The molecule has 112 valence electrons. The van der Waals surface area contributed by atoms with E-state index in [2.05, 4.69) is 13.8 Å². The summed E-state index contributed by atoms with van der Waals surface area (Å²) in [7, 11) is 0. The van der Waals surface area contributed by atoms with Gasteiger partial charge in [0.15, 0.2) is 0 Å². The molecule has 19 heavy (non-hydrogen) atoms. The first-order chi connectivity index (χ1) is 8.83. The van der Waals surface area contributed by atoms with Crippen LogP contribution in [-0.4, -0.2) is 58.7 Å². The van der Waals surface area contributed by atoms with Gasteiger partial charge in [0, 0.05) is 0 Å². The first kappa shape index (κ1) is 25.4. The molecule has 0 aliphatic rings. The van der Waals surface area contributed by atoms with Crippen LogP contribution in [0.15, 0.2) is 0 Å². The summed E-state index contributed by atoms with van der Waals surface area (Å²) in [5, 5.41) is 19.9. The minimum atomic E-state index is 0. The second-order valence-electron chi connectivity index (χ2n) is 4.94. The zero-order valence-corrected chi connectivity index (χ0v) is 16.9. The summed E-state index contributed by atoms with van der Waals surface area (Å²) >= 11 is 0. The van der Waals surface area contributed by atoms with Crippen LogP contribution < -0.4 is 10.2 Å². The molecule has 0 rings (SSSR count). The normalized spacial score (nSPS) is 9.47. The summed E-state index contributed by atoms with van der Waals surface area (Å²) in [5.74, 6) is 0. The Hall–Kier alpha value is 1.40. The average Bonchev–Trinajstić information content (AvgIpc) is 2.39. The van der Waals surface area contributed by atoms with Crippen LogP contribution in [0, 0.1) is 0 Å². The Bertz CT molecular complexity index is 95.3. The van der Waals surface area contributed by atoms with Gasteiger partial charge in [-0.15, -0.1) is 13.2 Å². The van der Waals surface area contributed by atoms with Crippen LogP contribution in [0.3, 0.4) is 0 Å². The van der Waals surface area contributed by atoms with Crippen molar-refractivity contribution in [2.45, 2.75) is 90.9 Å². The fraction of sp³-hybridized carbons (Fsp3) is 1.00. The Morgan fingerprint density at radius 2 is 0.737 bits per heavy atom. The molecule has 0 unspecified atom stereocenters. The molecule has 0 amide bonds. The molecule has 0 fully saturated rings. The van der Waals surface area contributed by atoms with Gasteiger partial charge in [-0.2, -0.15) is 0 Å². The maximum Gasteiger partial charge on any atom is 2.00 e. The number of hydrogen-bond acceptors (Lipinski definition) is 2. The molecule has 0 aromatic heterocycles. The van der Waals surface area contributed by atoms with E-state index in [1.165, 1.54) is 51.4 Å². The third-order valence-corrected chi connectivity index (χ3v) is 3.00. The molecule has 0 spiro atoms. The second kappa shape index (κ2) is 27.7. The van der Waals surface area contributed by atoms with Crippen molar-refractivity contribution in [3.63, 3.8) is 0 Å². The van der Waals surface area contributed by atoms with Gasteiger partial charge in [0.1, 0.15) is 0 Å². The molecule has 0 aromatic carbocycles. The Kier molecular flexibility index (Phi) is 37.0. The van der Waals surface area contributed by atoms with Gasteiger partial charge < -0.3 is 10.2 Å². The van der Waals surface area contributed by atoms with E-state index in [4.69, 9.17) is 0 Å². The standard InChI is InChI=1S/2C8H17O.Sr/c2*1-2-3-4-5-6-7-8-9;/h2*2-8H2,1H3;/q2*-1;+2. The predicted octanol–water partition coefficient (Wildman–Crippen LogP) is 3.03. The van der Waals surface area contributed by atoms with E-state index in [0.717, 1.165) is 25.7 Å². The Morgan fingerprint density at radius 3 is 1.00 bits per heavy atom. The van der Waals surface area contributed by atoms with E-state index < -0.39 is 0 Å². The van der Waals surface area contributed by atoms with Crippen LogP contribution in [0.4, 0.5) is 0 Å². The minimum absolute atomic E-state index is 0. The van der Waals surface area contributed by atoms with Gasteiger partial charge in [0.25, 0.3) is 0 Å². The minimum Gasteiger partial charge on any atom is -0.854 e. The molecule has 0 atom stereocenters. The number of rotatable bonds is 12. The van der Waals surface area contributed by atoms with Gasteiger partial charge in [-0.1, -0.05) is 90.9 Å². The van der Waals surface area contributed by atoms with Gasteiger partial charge in [-0.3, -0.25) is 0 Å². The van der Waals surface area contributed by atoms with E-state index in [1.54, 1.807) is 0 Å². The molecule has 0 aliphatic carbocycles. The fourth-order valence-electron chi connectivity index (χ4n) is 1.76. The molecule has 0 bridgehead atoms. The summed E-state index contributed by atoms with van der Waals surface area (Å²) in [5.41, 5.74) is 0. The van der Waals surface area contributed by atoms with E-state index >= 15 is 0 Å². The van der Waals surface area contributed by atoms with Crippen LogP contribution in [-0.2, 0) is 0 Å². The number of unbranched alkanes of at least 4 members (excludes halogenated alkanes) is 10. The summed E-state index contributed by atoms with van der Waals surface area (Å²) in [6.07, 6.45) is 14.4. The van der Waals surface area contributed by atoms with Crippen molar-refractivity contribution in [3.8, 4) is 0 Å². The van der Waals surface area contributed by atoms with Crippen LogP contribution in [0.2, 0.25) is 0 Å². The smallest absolute Gasteiger partial charge is 0.854 e. The van der Waals surface area contributed by atoms with E-state index in [9.17, 15) is 10.2 Å². The summed E-state index contributed by atoms with van der Waals surface area (Å²) < 4.78 is 0. The molecule has 0 aliphatic heterocycles. The van der Waals surface area contributed by atoms with Gasteiger partial charge in [-0.05, 0) is 0 Å². The maximum absolute atomic E-state index is 9.96. The molecule has 0 N–H and O–H groups in total. The summed E-state index contributed by atoms with van der Waals surface area (Å²) in [4.78, 5) is 0. The molecular formula is C16H34O2Sr. The Labute approximate surface area is 158 Å². The molecule has 0 radical (unpaired) electrons. The molecule has 0 saturated carbocycles. The third kappa shape index (κ3) is 32.7. The monoisotopic (exact) mass is 346 g/mol. The predicted molar refractivity (Wildman–Crippen MR) is 82.2 cm³/mol. The van der Waals surface area contributed by atoms with Crippen molar-refractivity contribution in [2.75, 3.05) is 13.2 Å². The van der Waals surface area contributed by atoms with Crippen LogP contribution in [0.1, 0.15) is 90.9 Å². The second-order valence-corrected chi connectivity index (χ2v) is 4.94. The van der Waals surface area contributed by atoms with Crippen LogP contribution >= 0.6 is 0 Å². The van der Waals surface area contributed by atoms with Gasteiger partial charge >= 0.3 is 45.5 Å². The molecular weight excluding hydrogens is 312 g/mol. The van der Waals surface area contributed by atoms with Gasteiger partial charge in [-0.25, -0.2) is 0 Å². The van der Waals surface area contributed by atoms with Crippen molar-refractivity contribution in [2.24, 2.45) is 0 Å². The van der Waals surface area contributed by atoms with E-state index in [0.29, 0.717) is 0 Å². The van der Waals surface area contributed by atoms with Crippen molar-refractivity contribution >= 4 is 45.5 Å². The number of hydrogen-bond donors (Lipinski definition) is 0. The van der Waals surface area contributed by atoms with E-state index in [-0.39, 0.29) is 58.7 Å². The zero-order chi connectivity index (χ0) is 13.9. The molecule has 0 heterocycles. The molecule has 0 saturated heterocycles. The average molecular weight is 346 g/mol. The topological polar surface area (TPSA) is 46.1 Å². The first-order valence-corrected chi connectivity index (χ1v) is 7.99. The third-order valence-electron chi connectivity index (χ3n) is 3.00. The molecule has 3 heteroatoms. The quantitative estimate of drug-likeness (QED) is 0.403.